The molecule has 0 aliphatic heterocycles. The average molecular weight is 261 g/mol. The van der Waals surface area contributed by atoms with Crippen LogP contribution in [0.15, 0.2) is 24.3 Å². The van der Waals surface area contributed by atoms with Gasteiger partial charge >= 0.3 is 0 Å². The zero-order valence-corrected chi connectivity index (χ0v) is 11.3. The van der Waals surface area contributed by atoms with Crippen molar-refractivity contribution in [3.63, 3.8) is 0 Å². The SMILES string of the molecule is CCOCC(C)NC(=O)c1ccc(C#CCO)cc1. The number of aliphatic hydroxyl groups excluding tert-OH is 1. The molecule has 1 unspecified atom stereocenters. The van der Waals surface area contributed by atoms with E-state index in [1.54, 1.807) is 24.3 Å². The third-order valence-corrected chi connectivity index (χ3v) is 2.41. The first-order chi connectivity index (χ1) is 9.17. The average Bonchev–Trinajstić information content (AvgIpc) is 2.43. The van der Waals surface area contributed by atoms with E-state index in [0.717, 1.165) is 5.56 Å². The molecule has 4 nitrogen and oxygen atoms in total. The number of nitrogens with one attached hydrogen (secondary N) is 1. The number of rotatable bonds is 5. The number of aliphatic hydroxyl groups is 1. The molecular weight excluding hydrogens is 242 g/mol. The van der Waals surface area contributed by atoms with Crippen molar-refractivity contribution in [2.45, 2.75) is 19.9 Å². The summed E-state index contributed by atoms with van der Waals surface area (Å²) >= 11 is 0. The number of carbonyl (C=O) groups excluding carboxylic acids is 1. The fourth-order valence-electron chi connectivity index (χ4n) is 1.49. The van der Waals surface area contributed by atoms with Crippen LogP contribution in [0, 0.1) is 11.8 Å². The van der Waals surface area contributed by atoms with Crippen molar-refractivity contribution in [1.82, 2.24) is 5.32 Å². The van der Waals surface area contributed by atoms with Crippen molar-refractivity contribution in [1.29, 1.82) is 0 Å². The molecule has 0 fully saturated rings. The number of carbonyl (C=O) groups is 1. The van der Waals surface area contributed by atoms with Gasteiger partial charge in [-0.15, -0.1) is 0 Å². The van der Waals surface area contributed by atoms with Crippen LogP contribution in [0.25, 0.3) is 0 Å². The summed E-state index contributed by atoms with van der Waals surface area (Å²) in [5.74, 6) is 5.20. The molecule has 2 N–H and O–H groups in total. The second-order valence-electron chi connectivity index (χ2n) is 4.07. The Morgan fingerprint density at radius 2 is 2.11 bits per heavy atom. The molecule has 0 bridgehead atoms. The van der Waals surface area contributed by atoms with Gasteiger partial charge in [-0.1, -0.05) is 11.8 Å². The normalized spacial score (nSPS) is 11.3. The van der Waals surface area contributed by atoms with Crippen LogP contribution >= 0.6 is 0 Å². The fourth-order valence-corrected chi connectivity index (χ4v) is 1.49. The lowest BCUT2D eigenvalue weighted by atomic mass is 10.1. The molecule has 0 heterocycles. The van der Waals surface area contributed by atoms with Crippen LogP contribution in [-0.2, 0) is 4.74 Å². The molecule has 0 aliphatic rings. The highest BCUT2D eigenvalue weighted by molar-refractivity contribution is 5.94. The van der Waals surface area contributed by atoms with Crippen LogP contribution in [0.2, 0.25) is 0 Å². The molecule has 0 aromatic heterocycles. The van der Waals surface area contributed by atoms with Gasteiger partial charge in [0.2, 0.25) is 0 Å². The summed E-state index contributed by atoms with van der Waals surface area (Å²) in [6, 6.07) is 6.91. The van der Waals surface area contributed by atoms with Crippen molar-refractivity contribution < 1.29 is 14.6 Å². The highest BCUT2D eigenvalue weighted by atomic mass is 16.5. The molecule has 1 amide bonds. The van der Waals surface area contributed by atoms with Crippen LogP contribution < -0.4 is 5.32 Å². The summed E-state index contributed by atoms with van der Waals surface area (Å²) in [5.41, 5.74) is 1.35. The topological polar surface area (TPSA) is 58.6 Å². The Balaban J connectivity index is 2.57. The predicted molar refractivity (Wildman–Crippen MR) is 73.8 cm³/mol. The lowest BCUT2D eigenvalue weighted by molar-refractivity contribution is 0.0872. The Labute approximate surface area is 113 Å². The van der Waals surface area contributed by atoms with Crippen molar-refractivity contribution in [2.75, 3.05) is 19.8 Å². The Bertz CT molecular complexity index is 457. The van der Waals surface area contributed by atoms with Gasteiger partial charge in [0, 0.05) is 23.8 Å². The maximum absolute atomic E-state index is 11.9. The molecule has 19 heavy (non-hydrogen) atoms. The molecule has 1 aromatic rings. The van der Waals surface area contributed by atoms with Crippen LogP contribution in [0.5, 0.6) is 0 Å². The first kappa shape index (κ1) is 15.2. The van der Waals surface area contributed by atoms with E-state index in [2.05, 4.69) is 17.2 Å². The molecule has 0 saturated carbocycles. The number of amides is 1. The summed E-state index contributed by atoms with van der Waals surface area (Å²) < 4.78 is 5.24. The monoisotopic (exact) mass is 261 g/mol. The minimum Gasteiger partial charge on any atom is -0.384 e. The molecule has 102 valence electrons. The lowest BCUT2D eigenvalue weighted by Gasteiger charge is -2.13. The minimum absolute atomic E-state index is 0.0266. The standard InChI is InChI=1S/C15H19NO3/c1-3-19-11-12(2)16-15(18)14-8-6-13(7-9-14)5-4-10-17/h6-9,12,17H,3,10-11H2,1-2H3,(H,16,18). The van der Waals surface area contributed by atoms with E-state index in [-0.39, 0.29) is 18.6 Å². The molecule has 1 rings (SSSR count). The van der Waals surface area contributed by atoms with Crippen molar-refractivity contribution in [3.05, 3.63) is 35.4 Å². The Morgan fingerprint density at radius 3 is 2.68 bits per heavy atom. The van der Waals surface area contributed by atoms with E-state index in [0.29, 0.717) is 18.8 Å². The van der Waals surface area contributed by atoms with Crippen molar-refractivity contribution in [3.8, 4) is 11.8 Å². The Morgan fingerprint density at radius 1 is 1.42 bits per heavy atom. The van der Waals surface area contributed by atoms with Crippen molar-refractivity contribution in [2.24, 2.45) is 0 Å². The molecule has 0 radical (unpaired) electrons. The maximum atomic E-state index is 11.9. The number of benzene rings is 1. The molecule has 1 atom stereocenters. The van der Waals surface area contributed by atoms with Gasteiger partial charge in [0.25, 0.3) is 5.91 Å². The number of hydrogen-bond acceptors (Lipinski definition) is 3. The summed E-state index contributed by atoms with van der Waals surface area (Å²) in [7, 11) is 0. The summed E-state index contributed by atoms with van der Waals surface area (Å²) in [4.78, 5) is 11.9. The smallest absolute Gasteiger partial charge is 0.251 e. The van der Waals surface area contributed by atoms with Gasteiger partial charge in [-0.05, 0) is 38.1 Å². The van der Waals surface area contributed by atoms with Gasteiger partial charge in [0.15, 0.2) is 0 Å². The van der Waals surface area contributed by atoms with Gasteiger partial charge in [-0.2, -0.15) is 0 Å². The van der Waals surface area contributed by atoms with Crippen LogP contribution in [0.3, 0.4) is 0 Å². The fraction of sp³-hybridized carbons (Fsp3) is 0.400. The van der Waals surface area contributed by atoms with Crippen LogP contribution in [0.4, 0.5) is 0 Å². The molecule has 0 saturated heterocycles. The third kappa shape index (κ3) is 5.56. The zero-order chi connectivity index (χ0) is 14.1. The van der Waals surface area contributed by atoms with Gasteiger partial charge in [-0.3, -0.25) is 4.79 Å². The van der Waals surface area contributed by atoms with E-state index in [1.165, 1.54) is 0 Å². The van der Waals surface area contributed by atoms with E-state index in [9.17, 15) is 4.79 Å². The minimum atomic E-state index is -0.169. The van der Waals surface area contributed by atoms with E-state index < -0.39 is 0 Å². The third-order valence-electron chi connectivity index (χ3n) is 2.41. The molecule has 1 aromatic carbocycles. The predicted octanol–water partition coefficient (Wildman–Crippen LogP) is 1.19. The summed E-state index contributed by atoms with van der Waals surface area (Å²) in [6.07, 6.45) is 0. The molecule has 4 heteroatoms. The molecule has 0 spiro atoms. The number of ether oxygens (including phenoxy) is 1. The van der Waals surface area contributed by atoms with Gasteiger partial charge < -0.3 is 15.2 Å². The van der Waals surface area contributed by atoms with E-state index in [4.69, 9.17) is 9.84 Å². The second-order valence-corrected chi connectivity index (χ2v) is 4.07. The van der Waals surface area contributed by atoms with Gasteiger partial charge in [-0.25, -0.2) is 0 Å². The first-order valence-corrected chi connectivity index (χ1v) is 6.25. The van der Waals surface area contributed by atoms with Crippen molar-refractivity contribution >= 4 is 5.91 Å². The Kier molecular flexibility index (Phi) is 6.65. The quantitative estimate of drug-likeness (QED) is 0.783. The molecular formula is C15H19NO3. The van der Waals surface area contributed by atoms with Crippen LogP contribution in [0.1, 0.15) is 29.8 Å². The highest BCUT2D eigenvalue weighted by Crippen LogP contribution is 2.03. The zero-order valence-electron chi connectivity index (χ0n) is 11.3. The summed E-state index contributed by atoms with van der Waals surface area (Å²) in [5, 5.41) is 11.4. The summed E-state index contributed by atoms with van der Waals surface area (Å²) in [6.45, 7) is 4.78. The first-order valence-electron chi connectivity index (χ1n) is 6.25. The lowest BCUT2D eigenvalue weighted by Crippen LogP contribution is -2.35. The second kappa shape index (κ2) is 8.30. The van der Waals surface area contributed by atoms with Gasteiger partial charge in [0.1, 0.15) is 6.61 Å². The van der Waals surface area contributed by atoms with Gasteiger partial charge in [0.05, 0.1) is 6.61 Å². The van der Waals surface area contributed by atoms with E-state index in [1.807, 2.05) is 13.8 Å². The van der Waals surface area contributed by atoms with Crippen LogP contribution in [-0.4, -0.2) is 36.9 Å². The largest absolute Gasteiger partial charge is 0.384 e. The number of hydrogen-bond donors (Lipinski definition) is 2. The maximum Gasteiger partial charge on any atom is 0.251 e. The highest BCUT2D eigenvalue weighted by Gasteiger charge is 2.09. The Hall–Kier alpha value is -1.83. The van der Waals surface area contributed by atoms with E-state index >= 15 is 0 Å². The molecule has 0 aliphatic carbocycles.